The van der Waals surface area contributed by atoms with Crippen molar-refractivity contribution >= 4 is 46.0 Å². The van der Waals surface area contributed by atoms with Crippen LogP contribution in [0.15, 0.2) is 65.1 Å². The molecule has 1 unspecified atom stereocenters. The molecule has 0 saturated carbocycles. The molecule has 0 aliphatic heterocycles. The van der Waals surface area contributed by atoms with Gasteiger partial charge in [0.05, 0.1) is 11.2 Å². The van der Waals surface area contributed by atoms with Gasteiger partial charge in [-0.25, -0.2) is 0 Å². The van der Waals surface area contributed by atoms with Gasteiger partial charge in [0.1, 0.15) is 19.0 Å². The molecular weight excluding hydrogens is 395 g/mol. The Hall–Kier alpha value is -3.08. The Bertz CT molecular complexity index is 1570. The van der Waals surface area contributed by atoms with Gasteiger partial charge in [-0.2, -0.15) is 0 Å². The summed E-state index contributed by atoms with van der Waals surface area (Å²) in [4.78, 5) is 0. The fourth-order valence-electron chi connectivity index (χ4n) is 5.19. The van der Waals surface area contributed by atoms with E-state index >= 15 is 0 Å². The van der Waals surface area contributed by atoms with E-state index in [1.165, 1.54) is 33.1 Å². The van der Waals surface area contributed by atoms with Crippen LogP contribution >= 0.6 is 0 Å². The average Bonchev–Trinajstić information content (AvgIpc) is 3.25. The lowest BCUT2D eigenvalue weighted by Gasteiger charge is -2.36. The molecule has 3 nitrogen and oxygen atoms in total. The number of fused-ring (bicyclic) bond motifs is 7. The van der Waals surface area contributed by atoms with Crippen LogP contribution in [0, 0.1) is 0 Å². The lowest BCUT2D eigenvalue weighted by molar-refractivity contribution is -0.118. The summed E-state index contributed by atoms with van der Waals surface area (Å²) in [5.74, 6) is 0. The molecule has 5 aromatic rings. The van der Waals surface area contributed by atoms with Gasteiger partial charge in [-0.1, -0.05) is 54.0 Å². The highest BCUT2D eigenvalue weighted by molar-refractivity contribution is 6.43. The lowest BCUT2D eigenvalue weighted by Crippen LogP contribution is -2.49. The zero-order chi connectivity index (χ0) is 22.4. The molecule has 0 spiro atoms. The predicted molar refractivity (Wildman–Crippen MR) is 134 cm³/mol. The fourth-order valence-corrected chi connectivity index (χ4v) is 5.19. The molecule has 1 atom stereocenters. The van der Waals surface area contributed by atoms with Gasteiger partial charge in [0, 0.05) is 17.2 Å². The van der Waals surface area contributed by atoms with Crippen LogP contribution in [0.25, 0.3) is 55.0 Å². The van der Waals surface area contributed by atoms with E-state index < -0.39 is 11.2 Å². The van der Waals surface area contributed by atoms with Gasteiger partial charge < -0.3 is 14.6 Å². The number of hydrogen-bond donors (Lipinski definition) is 2. The minimum atomic E-state index is -1.27. The molecule has 158 valence electrons. The quantitative estimate of drug-likeness (QED) is 0.408. The maximum atomic E-state index is 11.1. The van der Waals surface area contributed by atoms with Crippen LogP contribution in [0.1, 0.15) is 26.3 Å². The molecular formula is C28H25BO3. The molecule has 1 aromatic heterocycles. The lowest BCUT2D eigenvalue weighted by atomic mass is 9.81. The molecule has 2 N–H and O–H groups in total. The van der Waals surface area contributed by atoms with Crippen molar-refractivity contribution in [3.8, 4) is 22.3 Å². The summed E-state index contributed by atoms with van der Waals surface area (Å²) < 4.78 is 6.33. The van der Waals surface area contributed by atoms with Crippen LogP contribution in [-0.4, -0.2) is 29.3 Å². The zero-order valence-corrected chi connectivity index (χ0v) is 18.8. The van der Waals surface area contributed by atoms with E-state index in [2.05, 4.69) is 56.4 Å². The van der Waals surface area contributed by atoms with Crippen LogP contribution in [0.4, 0.5) is 0 Å². The molecule has 6 rings (SSSR count). The van der Waals surface area contributed by atoms with Crippen LogP contribution in [-0.2, 0) is 6.42 Å². The monoisotopic (exact) mass is 420 g/mol. The Morgan fingerprint density at radius 3 is 2.12 bits per heavy atom. The third-order valence-electron chi connectivity index (χ3n) is 7.34. The largest absolute Gasteiger partial charge is 0.456 e. The Morgan fingerprint density at radius 1 is 0.750 bits per heavy atom. The molecule has 1 aliphatic carbocycles. The molecule has 0 amide bonds. The SMILES string of the molecule is Bc1cccc2oc3cc4c5c(cc(CC(C)(O)C(C)(C)O)cc5c3c12)-c1ccccc1-4. The van der Waals surface area contributed by atoms with E-state index in [0.29, 0.717) is 6.42 Å². The highest BCUT2D eigenvalue weighted by Gasteiger charge is 2.38. The maximum absolute atomic E-state index is 11.1. The van der Waals surface area contributed by atoms with Gasteiger partial charge >= 0.3 is 0 Å². The summed E-state index contributed by atoms with van der Waals surface area (Å²) >= 11 is 0. The van der Waals surface area contributed by atoms with Crippen LogP contribution in [0.5, 0.6) is 0 Å². The summed E-state index contributed by atoms with van der Waals surface area (Å²) in [5.41, 5.74) is 6.24. The van der Waals surface area contributed by atoms with Gasteiger partial charge in [0.2, 0.25) is 0 Å². The number of hydrogen-bond acceptors (Lipinski definition) is 3. The van der Waals surface area contributed by atoms with E-state index in [0.717, 1.165) is 32.9 Å². The van der Waals surface area contributed by atoms with Gasteiger partial charge in [0.25, 0.3) is 0 Å². The van der Waals surface area contributed by atoms with Gasteiger partial charge in [0.15, 0.2) is 0 Å². The fraction of sp³-hybridized carbons (Fsp3) is 0.214. The molecule has 1 aliphatic rings. The number of furan rings is 1. The van der Waals surface area contributed by atoms with Gasteiger partial charge in [-0.15, -0.1) is 0 Å². The smallest absolute Gasteiger partial charge is 0.140 e. The minimum absolute atomic E-state index is 0.349. The van der Waals surface area contributed by atoms with E-state index in [-0.39, 0.29) is 0 Å². The first-order valence-corrected chi connectivity index (χ1v) is 11.1. The minimum Gasteiger partial charge on any atom is -0.456 e. The third kappa shape index (κ3) is 2.57. The van der Waals surface area contributed by atoms with E-state index in [4.69, 9.17) is 4.42 Å². The van der Waals surface area contributed by atoms with E-state index in [1.807, 2.05) is 12.1 Å². The van der Waals surface area contributed by atoms with Crippen molar-refractivity contribution in [3.05, 3.63) is 66.2 Å². The average molecular weight is 420 g/mol. The summed E-state index contributed by atoms with van der Waals surface area (Å²) in [6.45, 7) is 5.02. The highest BCUT2D eigenvalue weighted by atomic mass is 16.4. The summed E-state index contributed by atoms with van der Waals surface area (Å²) in [7, 11) is 2.12. The maximum Gasteiger partial charge on any atom is 0.140 e. The number of benzene rings is 4. The molecule has 0 saturated heterocycles. The second kappa shape index (κ2) is 6.25. The molecule has 0 radical (unpaired) electrons. The van der Waals surface area contributed by atoms with Crippen LogP contribution < -0.4 is 5.46 Å². The van der Waals surface area contributed by atoms with Gasteiger partial charge in [-0.05, 0) is 71.5 Å². The summed E-state index contributed by atoms with van der Waals surface area (Å²) in [6, 6.07) is 21.2. The van der Waals surface area contributed by atoms with Crippen molar-refractivity contribution < 1.29 is 14.6 Å². The standard InChI is InChI=1S/C28H25BO3/c1-27(2,30)28(3,31)14-15-11-18-16-7-4-5-8-17(16)19-13-23-25(20(12-15)24(18)19)26-21(29)9-6-10-22(26)32-23/h4-13,30-31H,14,29H2,1-3H3. The van der Waals surface area contributed by atoms with Crippen LogP contribution in [0.3, 0.4) is 0 Å². The van der Waals surface area contributed by atoms with Crippen molar-refractivity contribution in [2.75, 3.05) is 0 Å². The van der Waals surface area contributed by atoms with Crippen molar-refractivity contribution in [2.24, 2.45) is 0 Å². The molecule has 1 heterocycles. The zero-order valence-electron chi connectivity index (χ0n) is 18.8. The third-order valence-corrected chi connectivity index (χ3v) is 7.34. The van der Waals surface area contributed by atoms with Crippen LogP contribution in [0.2, 0.25) is 0 Å². The number of rotatable bonds is 3. The molecule has 4 aromatic carbocycles. The summed E-state index contributed by atoms with van der Waals surface area (Å²) in [5, 5.41) is 26.3. The number of aliphatic hydroxyl groups is 2. The van der Waals surface area contributed by atoms with Crippen molar-refractivity contribution in [1.29, 1.82) is 0 Å². The second-order valence-corrected chi connectivity index (χ2v) is 9.97. The van der Waals surface area contributed by atoms with Gasteiger partial charge in [-0.3, -0.25) is 0 Å². The van der Waals surface area contributed by atoms with E-state index in [9.17, 15) is 10.2 Å². The Morgan fingerprint density at radius 2 is 1.44 bits per heavy atom. The highest BCUT2D eigenvalue weighted by Crippen LogP contribution is 2.51. The Labute approximate surface area is 187 Å². The van der Waals surface area contributed by atoms with Crippen molar-refractivity contribution in [3.63, 3.8) is 0 Å². The normalized spacial score (nSPS) is 14.9. The first-order chi connectivity index (χ1) is 15.2. The van der Waals surface area contributed by atoms with E-state index in [1.54, 1.807) is 20.8 Å². The molecule has 4 heteroatoms. The second-order valence-electron chi connectivity index (χ2n) is 9.97. The van der Waals surface area contributed by atoms with Crippen molar-refractivity contribution in [2.45, 2.75) is 38.4 Å². The topological polar surface area (TPSA) is 53.6 Å². The Balaban J connectivity index is 1.76. The molecule has 0 bridgehead atoms. The predicted octanol–water partition coefficient (Wildman–Crippen LogP) is 4.71. The Kier molecular flexibility index (Phi) is 3.83. The first kappa shape index (κ1) is 19.6. The molecule has 32 heavy (non-hydrogen) atoms. The summed E-state index contributed by atoms with van der Waals surface area (Å²) in [6.07, 6.45) is 0.349. The first-order valence-electron chi connectivity index (χ1n) is 11.1. The molecule has 0 fully saturated rings. The van der Waals surface area contributed by atoms with Crippen molar-refractivity contribution in [1.82, 2.24) is 0 Å².